The van der Waals surface area contributed by atoms with Gasteiger partial charge in [-0.25, -0.2) is 9.97 Å². The summed E-state index contributed by atoms with van der Waals surface area (Å²) in [6.45, 7) is 3.47. The van der Waals surface area contributed by atoms with Crippen LogP contribution in [0.15, 0.2) is 33.8 Å². The maximum atomic E-state index is 12.8. The highest BCUT2D eigenvalue weighted by Gasteiger charge is 2.24. The molecule has 0 aliphatic carbocycles. The van der Waals surface area contributed by atoms with Crippen LogP contribution in [-0.2, 0) is 0 Å². The summed E-state index contributed by atoms with van der Waals surface area (Å²) in [5.41, 5.74) is 1.80. The van der Waals surface area contributed by atoms with E-state index in [4.69, 9.17) is 39.9 Å². The van der Waals surface area contributed by atoms with Crippen LogP contribution in [0.25, 0.3) is 11.3 Å². The first kappa shape index (κ1) is 21.5. The van der Waals surface area contributed by atoms with Gasteiger partial charge in [0, 0.05) is 16.3 Å². The number of aromatic nitrogens is 3. The Labute approximate surface area is 186 Å². The summed E-state index contributed by atoms with van der Waals surface area (Å²) in [4.78, 5) is 21.4. The third-order valence-electron chi connectivity index (χ3n) is 3.77. The van der Waals surface area contributed by atoms with E-state index in [0.29, 0.717) is 33.0 Å². The van der Waals surface area contributed by atoms with Crippen LogP contribution in [0.2, 0.25) is 10.0 Å². The Kier molecular flexibility index (Phi) is 6.74. The lowest BCUT2D eigenvalue weighted by molar-refractivity contribution is 0.0977. The molecule has 2 aromatic heterocycles. The minimum atomic E-state index is -0.500. The van der Waals surface area contributed by atoms with Gasteiger partial charge in [0.25, 0.3) is 5.91 Å². The van der Waals surface area contributed by atoms with Crippen LogP contribution in [-0.4, -0.2) is 32.4 Å². The molecule has 3 aromatic rings. The number of aryl methyl sites for hydroxylation is 2. The summed E-state index contributed by atoms with van der Waals surface area (Å²) in [5.74, 6) is 0.116. The van der Waals surface area contributed by atoms with E-state index in [1.807, 2.05) is 19.2 Å². The van der Waals surface area contributed by atoms with Crippen molar-refractivity contribution in [2.24, 2.45) is 0 Å². The standard InChI is InChI=1S/C18H15Cl2N5O2S2/c1-8-6-13(29-3)22-17(21-8)24-18(28)23-16(26)14-9(2)27-25-15(14)11-5-4-10(19)7-12(11)20/h4-7H,1-3H3,(H2,21,22,23,24,26,28). The third kappa shape index (κ3) is 5.05. The lowest BCUT2D eigenvalue weighted by atomic mass is 10.1. The summed E-state index contributed by atoms with van der Waals surface area (Å²) >= 11 is 18.9. The topological polar surface area (TPSA) is 92.9 Å². The average Bonchev–Trinajstić information content (AvgIpc) is 3.02. The Bertz CT molecular complexity index is 1100. The highest BCUT2D eigenvalue weighted by molar-refractivity contribution is 7.98. The van der Waals surface area contributed by atoms with Crippen molar-refractivity contribution in [2.75, 3.05) is 11.6 Å². The number of amides is 1. The molecule has 1 amide bonds. The fourth-order valence-electron chi connectivity index (χ4n) is 2.50. The fraction of sp³-hybridized carbons (Fsp3) is 0.167. The fourth-order valence-corrected chi connectivity index (χ4v) is 3.65. The predicted octanol–water partition coefficient (Wildman–Crippen LogP) is 4.90. The predicted molar refractivity (Wildman–Crippen MR) is 119 cm³/mol. The Morgan fingerprint density at radius 1 is 1.21 bits per heavy atom. The molecule has 0 aliphatic heterocycles. The molecule has 0 spiro atoms. The molecule has 150 valence electrons. The summed E-state index contributed by atoms with van der Waals surface area (Å²) in [7, 11) is 0. The Morgan fingerprint density at radius 2 is 1.97 bits per heavy atom. The van der Waals surface area contributed by atoms with Crippen LogP contribution >= 0.6 is 47.2 Å². The number of carbonyl (C=O) groups excluding carboxylic acids is 1. The number of thiocarbonyl (C=S) groups is 1. The van der Waals surface area contributed by atoms with Crippen LogP contribution in [0.5, 0.6) is 0 Å². The molecule has 0 bridgehead atoms. The molecule has 2 heterocycles. The maximum Gasteiger partial charge on any atom is 0.263 e. The highest BCUT2D eigenvalue weighted by Crippen LogP contribution is 2.33. The molecule has 11 heteroatoms. The van der Waals surface area contributed by atoms with Crippen LogP contribution in [0, 0.1) is 13.8 Å². The van der Waals surface area contributed by atoms with Crippen molar-refractivity contribution in [1.29, 1.82) is 0 Å². The van der Waals surface area contributed by atoms with Crippen molar-refractivity contribution < 1.29 is 9.32 Å². The van der Waals surface area contributed by atoms with Gasteiger partial charge >= 0.3 is 0 Å². The van der Waals surface area contributed by atoms with Crippen molar-refractivity contribution in [3.8, 4) is 11.3 Å². The van der Waals surface area contributed by atoms with E-state index in [2.05, 4.69) is 25.8 Å². The maximum absolute atomic E-state index is 12.8. The monoisotopic (exact) mass is 467 g/mol. The molecule has 0 saturated carbocycles. The molecule has 1 aromatic carbocycles. The summed E-state index contributed by atoms with van der Waals surface area (Å²) in [5, 5.41) is 11.0. The zero-order valence-electron chi connectivity index (χ0n) is 15.5. The van der Waals surface area contributed by atoms with Gasteiger partial charge in [-0.1, -0.05) is 28.4 Å². The van der Waals surface area contributed by atoms with Gasteiger partial charge in [0.2, 0.25) is 5.95 Å². The quantitative estimate of drug-likeness (QED) is 0.317. The van der Waals surface area contributed by atoms with Gasteiger partial charge < -0.3 is 9.84 Å². The molecule has 0 saturated heterocycles. The van der Waals surface area contributed by atoms with Gasteiger partial charge in [-0.05, 0) is 56.6 Å². The van der Waals surface area contributed by atoms with E-state index < -0.39 is 5.91 Å². The number of anilines is 1. The molecule has 0 fully saturated rings. The first-order chi connectivity index (χ1) is 13.8. The van der Waals surface area contributed by atoms with E-state index >= 15 is 0 Å². The molecule has 7 nitrogen and oxygen atoms in total. The number of rotatable bonds is 4. The minimum Gasteiger partial charge on any atom is -0.360 e. The van der Waals surface area contributed by atoms with Crippen LogP contribution < -0.4 is 10.6 Å². The second-order valence-electron chi connectivity index (χ2n) is 5.87. The molecule has 2 N–H and O–H groups in total. The van der Waals surface area contributed by atoms with Gasteiger partial charge in [0.1, 0.15) is 22.0 Å². The normalized spacial score (nSPS) is 10.7. The molecule has 29 heavy (non-hydrogen) atoms. The first-order valence-corrected chi connectivity index (χ1v) is 10.6. The van der Waals surface area contributed by atoms with Crippen molar-refractivity contribution in [3.05, 3.63) is 51.3 Å². The zero-order chi connectivity index (χ0) is 21.1. The van der Waals surface area contributed by atoms with Gasteiger partial charge in [0.05, 0.1) is 5.02 Å². The molecule has 0 aliphatic rings. The van der Waals surface area contributed by atoms with E-state index in [0.717, 1.165) is 10.7 Å². The van der Waals surface area contributed by atoms with Crippen molar-refractivity contribution >= 4 is 64.1 Å². The van der Waals surface area contributed by atoms with E-state index in [9.17, 15) is 4.79 Å². The molecule has 0 radical (unpaired) electrons. The first-order valence-electron chi connectivity index (χ1n) is 8.22. The van der Waals surface area contributed by atoms with Crippen LogP contribution in [0.1, 0.15) is 21.8 Å². The number of benzene rings is 1. The second kappa shape index (κ2) is 9.08. The number of hydrogen-bond acceptors (Lipinski definition) is 7. The number of carbonyl (C=O) groups is 1. The van der Waals surface area contributed by atoms with Gasteiger partial charge in [-0.15, -0.1) is 11.8 Å². The Balaban J connectivity index is 1.82. The smallest absolute Gasteiger partial charge is 0.263 e. The van der Waals surface area contributed by atoms with Crippen molar-refractivity contribution in [1.82, 2.24) is 20.4 Å². The Morgan fingerprint density at radius 3 is 2.66 bits per heavy atom. The summed E-state index contributed by atoms with van der Waals surface area (Å²) in [6, 6.07) is 6.73. The van der Waals surface area contributed by atoms with Crippen molar-refractivity contribution in [3.63, 3.8) is 0 Å². The number of nitrogens with one attached hydrogen (secondary N) is 2. The molecule has 0 unspecified atom stereocenters. The van der Waals surface area contributed by atoms with E-state index in [-0.39, 0.29) is 10.7 Å². The second-order valence-corrected chi connectivity index (χ2v) is 7.95. The number of hydrogen-bond donors (Lipinski definition) is 2. The number of nitrogens with zero attached hydrogens (tertiary/aromatic N) is 3. The summed E-state index contributed by atoms with van der Waals surface area (Å²) in [6.07, 6.45) is 1.91. The molecule has 0 atom stereocenters. The van der Waals surface area contributed by atoms with Crippen LogP contribution in [0.3, 0.4) is 0 Å². The highest BCUT2D eigenvalue weighted by atomic mass is 35.5. The SMILES string of the molecule is CSc1cc(C)nc(NC(=S)NC(=O)c2c(-c3ccc(Cl)cc3Cl)noc2C)n1. The molecular weight excluding hydrogens is 453 g/mol. The third-order valence-corrected chi connectivity index (χ3v) is 5.15. The molecule has 3 rings (SSSR count). The Hall–Kier alpha value is -2.20. The van der Waals surface area contributed by atoms with E-state index in [1.54, 1.807) is 25.1 Å². The summed E-state index contributed by atoms with van der Waals surface area (Å²) < 4.78 is 5.21. The average molecular weight is 468 g/mol. The van der Waals surface area contributed by atoms with E-state index in [1.165, 1.54) is 11.8 Å². The lowest BCUT2D eigenvalue weighted by Crippen LogP contribution is -2.35. The largest absolute Gasteiger partial charge is 0.360 e. The number of thioether (sulfide) groups is 1. The lowest BCUT2D eigenvalue weighted by Gasteiger charge is -2.10. The van der Waals surface area contributed by atoms with Gasteiger partial charge in [-0.3, -0.25) is 10.1 Å². The van der Waals surface area contributed by atoms with Gasteiger partial charge in [0.15, 0.2) is 5.11 Å². The minimum absolute atomic E-state index is 0.0430. The molecular formula is C18H15Cl2N5O2S2. The van der Waals surface area contributed by atoms with Gasteiger partial charge in [-0.2, -0.15) is 0 Å². The van der Waals surface area contributed by atoms with Crippen LogP contribution in [0.4, 0.5) is 5.95 Å². The number of halogens is 2. The van der Waals surface area contributed by atoms with Crippen molar-refractivity contribution in [2.45, 2.75) is 18.9 Å². The zero-order valence-corrected chi connectivity index (χ0v) is 18.7.